The van der Waals surface area contributed by atoms with Gasteiger partial charge in [-0.05, 0) is 56.0 Å². The van der Waals surface area contributed by atoms with E-state index in [4.69, 9.17) is 4.98 Å². The number of fused-ring (bicyclic) bond motifs is 1. The Morgan fingerprint density at radius 2 is 1.74 bits per heavy atom. The van der Waals surface area contributed by atoms with Crippen LogP contribution in [-0.4, -0.2) is 41.4 Å². The van der Waals surface area contributed by atoms with Gasteiger partial charge in [0.15, 0.2) is 0 Å². The Balaban J connectivity index is 1.17. The number of nitrogens with one attached hydrogen (secondary N) is 3. The fourth-order valence-corrected chi connectivity index (χ4v) is 4.82. The van der Waals surface area contributed by atoms with E-state index in [0.29, 0.717) is 12.1 Å². The van der Waals surface area contributed by atoms with Crippen LogP contribution in [0.2, 0.25) is 0 Å². The van der Waals surface area contributed by atoms with Crippen molar-refractivity contribution in [3.8, 4) is 11.3 Å². The van der Waals surface area contributed by atoms with Crippen molar-refractivity contribution < 1.29 is 4.39 Å². The van der Waals surface area contributed by atoms with Crippen LogP contribution in [0.4, 0.5) is 15.9 Å². The van der Waals surface area contributed by atoms with E-state index in [2.05, 4.69) is 64.1 Å². The number of aromatic amines is 1. The lowest BCUT2D eigenvalue weighted by Crippen LogP contribution is -2.36. The molecular weight excluding hydrogens is 427 g/mol. The van der Waals surface area contributed by atoms with Gasteiger partial charge in [0.2, 0.25) is 0 Å². The van der Waals surface area contributed by atoms with Crippen LogP contribution in [0.15, 0.2) is 60.8 Å². The number of hydrogen-bond donors (Lipinski definition) is 3. The van der Waals surface area contributed by atoms with Gasteiger partial charge in [-0.2, -0.15) is 5.10 Å². The topological polar surface area (TPSA) is 68.9 Å². The van der Waals surface area contributed by atoms with Crippen molar-refractivity contribution in [3.05, 3.63) is 72.2 Å². The molecule has 0 unspecified atom stereocenters. The zero-order chi connectivity index (χ0) is 23.5. The number of H-pyrrole nitrogens is 1. The molecule has 0 radical (unpaired) electrons. The number of nitrogens with zero attached hydrogens (tertiary/aromatic N) is 3. The number of benzene rings is 2. The maximum absolute atomic E-state index is 13.3. The third-order valence-electron chi connectivity index (χ3n) is 6.69. The molecule has 2 heterocycles. The molecule has 34 heavy (non-hydrogen) atoms. The van der Waals surface area contributed by atoms with Crippen molar-refractivity contribution in [2.24, 2.45) is 0 Å². The Labute approximate surface area is 199 Å². The number of halogens is 1. The molecule has 0 aliphatic heterocycles. The van der Waals surface area contributed by atoms with E-state index in [9.17, 15) is 4.39 Å². The summed E-state index contributed by atoms with van der Waals surface area (Å²) >= 11 is 0. The maximum atomic E-state index is 13.3. The van der Waals surface area contributed by atoms with Crippen molar-refractivity contribution >= 4 is 22.4 Å². The summed E-state index contributed by atoms with van der Waals surface area (Å²) in [6.45, 7) is 0.740. The number of pyridine rings is 1. The normalized spacial score (nSPS) is 18.2. The van der Waals surface area contributed by atoms with Gasteiger partial charge in [0.05, 0.1) is 17.4 Å². The lowest BCUT2D eigenvalue weighted by Gasteiger charge is -2.30. The summed E-state index contributed by atoms with van der Waals surface area (Å²) in [5.74, 6) is 0.714. The van der Waals surface area contributed by atoms with Crippen molar-refractivity contribution in [1.29, 1.82) is 0 Å². The lowest BCUT2D eigenvalue weighted by molar-refractivity contribution is 0.352. The molecule has 5 rings (SSSR count). The van der Waals surface area contributed by atoms with Crippen molar-refractivity contribution in [2.75, 3.05) is 24.3 Å². The molecule has 1 aliphatic rings. The highest BCUT2D eigenvalue weighted by Crippen LogP contribution is 2.29. The van der Waals surface area contributed by atoms with Gasteiger partial charge in [0, 0.05) is 61.0 Å². The van der Waals surface area contributed by atoms with Crippen LogP contribution in [0.1, 0.15) is 31.2 Å². The average Bonchev–Trinajstić information content (AvgIpc) is 3.32. The number of aromatic nitrogens is 3. The first-order chi connectivity index (χ1) is 16.6. The summed E-state index contributed by atoms with van der Waals surface area (Å²) in [5, 5.41) is 15.8. The van der Waals surface area contributed by atoms with E-state index in [-0.39, 0.29) is 5.82 Å². The van der Waals surface area contributed by atoms with Crippen LogP contribution in [0.5, 0.6) is 0 Å². The highest BCUT2D eigenvalue weighted by molar-refractivity contribution is 5.93. The third-order valence-corrected chi connectivity index (χ3v) is 6.69. The minimum atomic E-state index is -0.231. The van der Waals surface area contributed by atoms with E-state index < -0.39 is 0 Å². The summed E-state index contributed by atoms with van der Waals surface area (Å²) in [7, 11) is 4.15. The first-order valence-electron chi connectivity index (χ1n) is 11.9. The van der Waals surface area contributed by atoms with Crippen LogP contribution in [0.25, 0.3) is 22.2 Å². The Kier molecular flexibility index (Phi) is 6.45. The molecule has 176 valence electrons. The molecule has 6 nitrogen and oxygen atoms in total. The lowest BCUT2D eigenvalue weighted by atomic mass is 9.91. The molecule has 0 bridgehead atoms. The molecule has 3 N–H and O–H groups in total. The molecule has 2 aromatic heterocycles. The standard InChI is InChI=1S/C27H31FN6/c1-34(2)25-15-26(32-24-6-4-3-5-23(24)25)31-22-13-11-21(12-14-22)29-16-19-17-30-33-27(19)18-7-9-20(28)10-8-18/h3-10,15,17,21-22,29H,11-14,16H2,1-2H3,(H,30,33)(H,31,32). The first-order valence-corrected chi connectivity index (χ1v) is 11.9. The molecule has 2 aromatic carbocycles. The van der Waals surface area contributed by atoms with Crippen LogP contribution >= 0.6 is 0 Å². The molecule has 1 fully saturated rings. The Morgan fingerprint density at radius 1 is 1.00 bits per heavy atom. The number of rotatable bonds is 7. The van der Waals surface area contributed by atoms with Crippen molar-refractivity contribution in [1.82, 2.24) is 20.5 Å². The van der Waals surface area contributed by atoms with Gasteiger partial charge in [-0.1, -0.05) is 18.2 Å². The molecular formula is C27H31FN6. The Hall–Kier alpha value is -3.45. The largest absolute Gasteiger partial charge is 0.377 e. The second kappa shape index (κ2) is 9.81. The molecule has 1 saturated carbocycles. The fourth-order valence-electron chi connectivity index (χ4n) is 4.82. The number of hydrogen-bond acceptors (Lipinski definition) is 5. The second-order valence-electron chi connectivity index (χ2n) is 9.29. The van der Waals surface area contributed by atoms with Crippen LogP contribution in [0, 0.1) is 5.82 Å². The van der Waals surface area contributed by atoms with Gasteiger partial charge in [-0.25, -0.2) is 9.37 Å². The Morgan fingerprint density at radius 3 is 2.50 bits per heavy atom. The van der Waals surface area contributed by atoms with Crippen molar-refractivity contribution in [2.45, 2.75) is 44.3 Å². The van der Waals surface area contributed by atoms with Gasteiger partial charge in [-0.3, -0.25) is 5.10 Å². The van der Waals surface area contributed by atoms with Crippen molar-refractivity contribution in [3.63, 3.8) is 0 Å². The number of anilines is 2. The molecule has 1 aliphatic carbocycles. The predicted octanol–water partition coefficient (Wildman–Crippen LogP) is 5.34. The van der Waals surface area contributed by atoms with Gasteiger partial charge in [0.25, 0.3) is 0 Å². The van der Waals surface area contributed by atoms with E-state index in [1.54, 1.807) is 12.1 Å². The number of para-hydroxylation sites is 1. The zero-order valence-electron chi connectivity index (χ0n) is 19.7. The van der Waals surface area contributed by atoms with Gasteiger partial charge in [0.1, 0.15) is 11.6 Å². The monoisotopic (exact) mass is 458 g/mol. The highest BCUT2D eigenvalue weighted by Gasteiger charge is 2.22. The highest BCUT2D eigenvalue weighted by atomic mass is 19.1. The molecule has 0 amide bonds. The van der Waals surface area contributed by atoms with E-state index >= 15 is 0 Å². The minimum Gasteiger partial charge on any atom is -0.377 e. The summed E-state index contributed by atoms with van der Waals surface area (Å²) in [6.07, 6.45) is 6.26. The summed E-state index contributed by atoms with van der Waals surface area (Å²) in [4.78, 5) is 7.00. The van der Waals surface area contributed by atoms with E-state index in [1.807, 2.05) is 12.3 Å². The molecule has 4 aromatic rings. The third kappa shape index (κ3) is 4.89. The minimum absolute atomic E-state index is 0.231. The summed E-state index contributed by atoms with van der Waals surface area (Å²) in [6, 6.07) is 17.9. The molecule has 0 spiro atoms. The van der Waals surface area contributed by atoms with E-state index in [1.165, 1.54) is 23.2 Å². The maximum Gasteiger partial charge on any atom is 0.128 e. The van der Waals surface area contributed by atoms with E-state index in [0.717, 1.165) is 60.4 Å². The summed E-state index contributed by atoms with van der Waals surface area (Å²) < 4.78 is 13.3. The fraction of sp³-hybridized carbons (Fsp3) is 0.333. The molecule has 0 atom stereocenters. The second-order valence-corrected chi connectivity index (χ2v) is 9.29. The Bertz CT molecular complexity index is 1240. The van der Waals surface area contributed by atoms with Crippen LogP contribution in [-0.2, 0) is 6.54 Å². The quantitative estimate of drug-likeness (QED) is 0.349. The van der Waals surface area contributed by atoms with Crippen LogP contribution < -0.4 is 15.5 Å². The summed E-state index contributed by atoms with van der Waals surface area (Å²) in [5.41, 5.74) is 5.19. The SMILES string of the molecule is CN(C)c1cc(NC2CCC(NCc3cn[nH]c3-c3ccc(F)cc3)CC2)nc2ccccc12. The predicted molar refractivity (Wildman–Crippen MR) is 137 cm³/mol. The smallest absolute Gasteiger partial charge is 0.128 e. The molecule has 0 saturated heterocycles. The van der Waals surface area contributed by atoms with Gasteiger partial charge in [-0.15, -0.1) is 0 Å². The molecule has 7 heteroatoms. The zero-order valence-corrected chi connectivity index (χ0v) is 19.7. The first kappa shape index (κ1) is 22.3. The van der Waals surface area contributed by atoms with Crippen LogP contribution in [0.3, 0.4) is 0 Å². The van der Waals surface area contributed by atoms with Gasteiger partial charge < -0.3 is 15.5 Å². The van der Waals surface area contributed by atoms with Gasteiger partial charge >= 0.3 is 0 Å². The average molecular weight is 459 g/mol.